The summed E-state index contributed by atoms with van der Waals surface area (Å²) in [4.78, 5) is 11.6. The zero-order valence-electron chi connectivity index (χ0n) is 15.0. The number of hydrogen-bond acceptors (Lipinski definition) is 4. The number of nitrogens with one attached hydrogen (secondary N) is 1. The van der Waals surface area contributed by atoms with Crippen LogP contribution < -0.4 is 11.2 Å². The molecule has 0 bridgehead atoms. The van der Waals surface area contributed by atoms with Crippen LogP contribution in [0.2, 0.25) is 0 Å². The van der Waals surface area contributed by atoms with Gasteiger partial charge in [-0.25, -0.2) is 14.3 Å². The molecule has 2 aromatic carbocycles. The standard InChI is InChI=1S/C11H8BrN3O.C8H11BO2/c1-6-4-10-13-14-11(16)15(10)9-5-7(12)2-3-8(6)9;1-2-7-3-5-8(6-4-7)9(10)11/h2-5H,1H3,(H,14,16);3-6,10-11H,2H2,1H3. The summed E-state index contributed by atoms with van der Waals surface area (Å²) in [5.74, 6) is 0. The Balaban J connectivity index is 0.000000168. The summed E-state index contributed by atoms with van der Waals surface area (Å²) in [6, 6.07) is 15.0. The number of fused-ring (bicyclic) bond motifs is 3. The van der Waals surface area contributed by atoms with Crippen molar-refractivity contribution in [1.82, 2.24) is 14.6 Å². The summed E-state index contributed by atoms with van der Waals surface area (Å²) in [7, 11) is -1.35. The molecule has 0 aliphatic carbocycles. The normalized spacial score (nSPS) is 10.7. The van der Waals surface area contributed by atoms with Gasteiger partial charge in [0.2, 0.25) is 0 Å². The predicted molar refractivity (Wildman–Crippen MR) is 111 cm³/mol. The van der Waals surface area contributed by atoms with E-state index >= 15 is 0 Å². The number of aromatic nitrogens is 3. The maximum absolute atomic E-state index is 11.6. The number of H-pyrrole nitrogens is 1. The summed E-state index contributed by atoms with van der Waals surface area (Å²) in [5.41, 5.74) is 4.15. The van der Waals surface area contributed by atoms with Gasteiger partial charge in [0.25, 0.3) is 0 Å². The van der Waals surface area contributed by atoms with Crippen LogP contribution in [0.15, 0.2) is 57.8 Å². The first-order valence-electron chi connectivity index (χ1n) is 8.51. The lowest BCUT2D eigenvalue weighted by Gasteiger charge is -2.04. The molecule has 0 fully saturated rings. The van der Waals surface area contributed by atoms with E-state index in [0.29, 0.717) is 11.1 Å². The fourth-order valence-corrected chi connectivity index (χ4v) is 3.21. The molecule has 0 unspecified atom stereocenters. The second-order valence-electron chi connectivity index (χ2n) is 6.18. The number of rotatable bonds is 2. The molecule has 0 spiro atoms. The first kappa shape index (κ1) is 19.3. The quantitative estimate of drug-likeness (QED) is 0.427. The van der Waals surface area contributed by atoms with E-state index in [2.05, 4.69) is 33.1 Å². The van der Waals surface area contributed by atoms with E-state index in [1.807, 2.05) is 43.3 Å². The molecule has 6 nitrogen and oxygen atoms in total. The molecule has 4 rings (SSSR count). The van der Waals surface area contributed by atoms with Gasteiger partial charge < -0.3 is 10.0 Å². The molecular weight excluding hydrogens is 409 g/mol. The van der Waals surface area contributed by atoms with Crippen LogP contribution in [-0.4, -0.2) is 31.8 Å². The summed E-state index contributed by atoms with van der Waals surface area (Å²) < 4.78 is 2.52. The summed E-state index contributed by atoms with van der Waals surface area (Å²) in [6.07, 6.45) is 0.974. The number of aromatic amines is 1. The largest absolute Gasteiger partial charge is 0.488 e. The predicted octanol–water partition coefficient (Wildman–Crippen LogP) is 2.18. The Morgan fingerprint density at radius 1 is 1.15 bits per heavy atom. The van der Waals surface area contributed by atoms with Crippen molar-refractivity contribution in [3.63, 3.8) is 0 Å². The topological polar surface area (TPSA) is 90.6 Å². The van der Waals surface area contributed by atoms with Gasteiger partial charge in [0.15, 0.2) is 5.65 Å². The van der Waals surface area contributed by atoms with Gasteiger partial charge >= 0.3 is 12.8 Å². The van der Waals surface area contributed by atoms with E-state index in [0.717, 1.165) is 27.4 Å². The van der Waals surface area contributed by atoms with Crippen LogP contribution in [-0.2, 0) is 6.42 Å². The van der Waals surface area contributed by atoms with Gasteiger partial charge in [-0.15, -0.1) is 0 Å². The van der Waals surface area contributed by atoms with Crippen LogP contribution in [0.4, 0.5) is 0 Å². The molecule has 0 saturated carbocycles. The summed E-state index contributed by atoms with van der Waals surface area (Å²) in [5, 5.41) is 25.0. The lowest BCUT2D eigenvalue weighted by Crippen LogP contribution is -2.29. The highest BCUT2D eigenvalue weighted by Gasteiger charge is 2.09. The molecule has 0 atom stereocenters. The van der Waals surface area contributed by atoms with Crippen molar-refractivity contribution in [2.45, 2.75) is 20.3 Å². The van der Waals surface area contributed by atoms with E-state index in [1.165, 1.54) is 5.56 Å². The van der Waals surface area contributed by atoms with Crippen molar-refractivity contribution in [3.8, 4) is 0 Å². The fourth-order valence-electron chi connectivity index (χ4n) is 2.86. The van der Waals surface area contributed by atoms with Crippen molar-refractivity contribution < 1.29 is 10.0 Å². The number of pyridine rings is 1. The lowest BCUT2D eigenvalue weighted by atomic mass is 9.80. The second kappa shape index (κ2) is 8.08. The van der Waals surface area contributed by atoms with E-state index in [-0.39, 0.29) is 5.69 Å². The molecule has 138 valence electrons. The molecule has 3 N–H and O–H groups in total. The van der Waals surface area contributed by atoms with E-state index in [9.17, 15) is 4.79 Å². The van der Waals surface area contributed by atoms with Crippen LogP contribution in [0, 0.1) is 6.92 Å². The maximum atomic E-state index is 11.6. The highest BCUT2D eigenvalue weighted by atomic mass is 79.9. The highest BCUT2D eigenvalue weighted by Crippen LogP contribution is 2.22. The Morgan fingerprint density at radius 2 is 1.85 bits per heavy atom. The monoisotopic (exact) mass is 427 g/mol. The van der Waals surface area contributed by atoms with Gasteiger partial charge in [0.1, 0.15) is 0 Å². The highest BCUT2D eigenvalue weighted by molar-refractivity contribution is 9.10. The van der Waals surface area contributed by atoms with Gasteiger partial charge in [0.05, 0.1) is 5.52 Å². The third-order valence-corrected chi connectivity index (χ3v) is 4.85. The molecule has 4 aromatic rings. The maximum Gasteiger partial charge on any atom is 0.488 e. The van der Waals surface area contributed by atoms with Gasteiger partial charge in [-0.05, 0) is 48.1 Å². The minimum Gasteiger partial charge on any atom is -0.423 e. The Morgan fingerprint density at radius 3 is 2.48 bits per heavy atom. The van der Waals surface area contributed by atoms with Crippen LogP contribution in [0.5, 0.6) is 0 Å². The van der Waals surface area contributed by atoms with Crippen molar-refractivity contribution in [2.24, 2.45) is 0 Å². The molecule has 0 saturated heterocycles. The average molecular weight is 428 g/mol. The van der Waals surface area contributed by atoms with E-state index in [1.54, 1.807) is 16.5 Å². The second-order valence-corrected chi connectivity index (χ2v) is 7.10. The molecule has 27 heavy (non-hydrogen) atoms. The van der Waals surface area contributed by atoms with Crippen LogP contribution >= 0.6 is 15.9 Å². The third-order valence-electron chi connectivity index (χ3n) is 4.36. The van der Waals surface area contributed by atoms with E-state index in [4.69, 9.17) is 10.0 Å². The first-order chi connectivity index (χ1) is 12.9. The SMILES string of the molecule is CCc1ccc(B(O)O)cc1.Cc1cc2n[nH]c(=O)n2c2cc(Br)ccc12. The van der Waals surface area contributed by atoms with Gasteiger partial charge in [-0.2, -0.15) is 5.10 Å². The Kier molecular flexibility index (Phi) is 5.79. The molecule has 0 aliphatic rings. The molecule has 0 aliphatic heterocycles. The minimum absolute atomic E-state index is 0.210. The lowest BCUT2D eigenvalue weighted by molar-refractivity contribution is 0.426. The summed E-state index contributed by atoms with van der Waals surface area (Å²) >= 11 is 3.41. The van der Waals surface area contributed by atoms with Gasteiger partial charge in [-0.3, -0.25) is 0 Å². The Bertz CT molecular complexity index is 1140. The molecule has 2 aromatic heterocycles. The number of benzene rings is 2. The molecule has 8 heteroatoms. The smallest absolute Gasteiger partial charge is 0.423 e. The molecule has 0 radical (unpaired) electrons. The number of aryl methyl sites for hydroxylation is 2. The van der Waals surface area contributed by atoms with Crippen LogP contribution in [0.3, 0.4) is 0 Å². The van der Waals surface area contributed by atoms with Gasteiger partial charge in [-0.1, -0.05) is 53.2 Å². The molecule has 0 amide bonds. The third kappa shape index (κ3) is 4.13. The van der Waals surface area contributed by atoms with Crippen LogP contribution in [0.25, 0.3) is 16.6 Å². The molecule has 2 heterocycles. The van der Waals surface area contributed by atoms with Crippen molar-refractivity contribution >= 4 is 45.1 Å². The van der Waals surface area contributed by atoms with Crippen molar-refractivity contribution in [1.29, 1.82) is 0 Å². The zero-order valence-corrected chi connectivity index (χ0v) is 16.6. The number of halogens is 1. The fraction of sp³-hybridized carbons (Fsp3) is 0.158. The van der Waals surface area contributed by atoms with Crippen molar-refractivity contribution in [3.05, 3.63) is 74.6 Å². The number of nitrogens with zero attached hydrogens (tertiary/aromatic N) is 2. The van der Waals surface area contributed by atoms with E-state index < -0.39 is 7.12 Å². The average Bonchev–Trinajstić information content (AvgIpc) is 3.03. The Hall–Kier alpha value is -2.42. The molecular formula is C19H19BBrN3O3. The first-order valence-corrected chi connectivity index (χ1v) is 9.31. The van der Waals surface area contributed by atoms with Crippen molar-refractivity contribution in [2.75, 3.05) is 0 Å². The zero-order chi connectivity index (χ0) is 19.6. The number of hydrogen-bond donors (Lipinski definition) is 3. The Labute approximate surface area is 164 Å². The van der Waals surface area contributed by atoms with Gasteiger partial charge in [0, 0.05) is 9.86 Å². The van der Waals surface area contributed by atoms with Crippen LogP contribution in [0.1, 0.15) is 18.1 Å². The minimum atomic E-state index is -1.35. The summed E-state index contributed by atoms with van der Waals surface area (Å²) in [6.45, 7) is 4.07.